The van der Waals surface area contributed by atoms with Crippen LogP contribution >= 0.6 is 11.3 Å². The predicted molar refractivity (Wildman–Crippen MR) is 87.4 cm³/mol. The van der Waals surface area contributed by atoms with Crippen LogP contribution in [0.25, 0.3) is 10.2 Å². The molecule has 1 aromatic carbocycles. The van der Waals surface area contributed by atoms with Crippen molar-refractivity contribution in [1.82, 2.24) is 4.98 Å². The van der Waals surface area contributed by atoms with E-state index < -0.39 is 0 Å². The van der Waals surface area contributed by atoms with Crippen molar-refractivity contribution in [2.24, 2.45) is 5.41 Å². The van der Waals surface area contributed by atoms with Gasteiger partial charge in [-0.1, -0.05) is 25.2 Å². The van der Waals surface area contributed by atoms with Crippen molar-refractivity contribution in [3.63, 3.8) is 0 Å². The smallest absolute Gasteiger partial charge is 0.184 e. The quantitative estimate of drug-likeness (QED) is 0.909. The Balaban J connectivity index is 1.76. The van der Waals surface area contributed by atoms with Gasteiger partial charge in [-0.05, 0) is 31.5 Å². The van der Waals surface area contributed by atoms with Crippen LogP contribution in [0.2, 0.25) is 0 Å². The van der Waals surface area contributed by atoms with E-state index in [9.17, 15) is 0 Å². The number of methoxy groups -OCH3 is 1. The Hall–Kier alpha value is -1.33. The van der Waals surface area contributed by atoms with Gasteiger partial charge in [-0.3, -0.25) is 0 Å². The van der Waals surface area contributed by atoms with Gasteiger partial charge in [0.25, 0.3) is 0 Å². The number of nitrogens with one attached hydrogen (secondary N) is 1. The van der Waals surface area contributed by atoms with Gasteiger partial charge in [0, 0.05) is 18.6 Å². The summed E-state index contributed by atoms with van der Waals surface area (Å²) in [4.78, 5) is 4.66. The van der Waals surface area contributed by atoms with Crippen molar-refractivity contribution in [3.05, 3.63) is 18.2 Å². The normalized spacial score (nSPS) is 23.8. The van der Waals surface area contributed by atoms with Gasteiger partial charge in [-0.15, -0.1) is 0 Å². The number of thiazole rings is 1. The standard InChI is InChI=1S/C16H22N2O2S/c1-5-20-10-6-7-11-12(8-10)21-15(17-11)18-13-9-14(19-4)16(13,2)3/h6-8,13-14H,5,9H2,1-4H3,(H,17,18). The maximum Gasteiger partial charge on any atom is 0.184 e. The predicted octanol–water partition coefficient (Wildman–Crippen LogP) is 3.92. The molecule has 2 unspecified atom stereocenters. The summed E-state index contributed by atoms with van der Waals surface area (Å²) in [6.07, 6.45) is 1.36. The average Bonchev–Trinajstić information content (AvgIpc) is 2.85. The topological polar surface area (TPSA) is 43.4 Å². The highest BCUT2D eigenvalue weighted by Crippen LogP contribution is 2.44. The zero-order valence-corrected chi connectivity index (χ0v) is 13.8. The molecule has 1 aliphatic rings. The molecule has 1 aliphatic carbocycles. The largest absolute Gasteiger partial charge is 0.494 e. The molecule has 1 heterocycles. The van der Waals surface area contributed by atoms with Crippen LogP contribution in [0.1, 0.15) is 27.2 Å². The zero-order valence-electron chi connectivity index (χ0n) is 13.0. The first-order valence-electron chi connectivity index (χ1n) is 7.37. The van der Waals surface area contributed by atoms with Crippen LogP contribution in [-0.2, 0) is 4.74 Å². The first kappa shape index (κ1) is 14.6. The molecule has 114 valence electrons. The number of nitrogens with zero attached hydrogens (tertiary/aromatic N) is 1. The molecule has 1 saturated carbocycles. The highest BCUT2D eigenvalue weighted by Gasteiger charge is 2.48. The van der Waals surface area contributed by atoms with Gasteiger partial charge in [0.05, 0.1) is 22.9 Å². The Labute approximate surface area is 129 Å². The van der Waals surface area contributed by atoms with E-state index in [0.29, 0.717) is 18.8 Å². The molecule has 0 amide bonds. The van der Waals surface area contributed by atoms with E-state index in [2.05, 4.69) is 30.2 Å². The van der Waals surface area contributed by atoms with Gasteiger partial charge in [0.1, 0.15) is 5.75 Å². The molecular weight excluding hydrogens is 284 g/mol. The third-order valence-electron chi connectivity index (χ3n) is 4.43. The van der Waals surface area contributed by atoms with E-state index >= 15 is 0 Å². The van der Waals surface area contributed by atoms with Crippen LogP contribution in [0.4, 0.5) is 5.13 Å². The Bertz CT molecular complexity index is 638. The van der Waals surface area contributed by atoms with Crippen LogP contribution in [0.5, 0.6) is 5.75 Å². The molecule has 4 nitrogen and oxygen atoms in total. The lowest BCUT2D eigenvalue weighted by atomic mass is 9.64. The van der Waals surface area contributed by atoms with Gasteiger partial charge in [-0.25, -0.2) is 4.98 Å². The second-order valence-corrected chi connectivity index (χ2v) is 7.09. The second-order valence-electron chi connectivity index (χ2n) is 6.06. The van der Waals surface area contributed by atoms with E-state index in [4.69, 9.17) is 9.47 Å². The summed E-state index contributed by atoms with van der Waals surface area (Å²) in [7, 11) is 1.79. The zero-order chi connectivity index (χ0) is 15.0. The summed E-state index contributed by atoms with van der Waals surface area (Å²) in [6, 6.07) is 6.47. The molecule has 1 fully saturated rings. The Morgan fingerprint density at radius 2 is 2.24 bits per heavy atom. The Morgan fingerprint density at radius 3 is 2.90 bits per heavy atom. The number of hydrogen-bond acceptors (Lipinski definition) is 5. The molecule has 0 radical (unpaired) electrons. The average molecular weight is 306 g/mol. The summed E-state index contributed by atoms with van der Waals surface area (Å²) in [6.45, 7) is 7.16. The lowest BCUT2D eigenvalue weighted by Gasteiger charge is -2.51. The minimum atomic E-state index is 0.142. The molecule has 1 aromatic heterocycles. The molecule has 2 aromatic rings. The SMILES string of the molecule is CCOc1ccc2nc(NC3CC(OC)C3(C)C)sc2c1. The summed E-state index contributed by atoms with van der Waals surface area (Å²) < 4.78 is 12.2. The molecular formula is C16H22N2O2S. The maximum absolute atomic E-state index is 5.54. The number of ether oxygens (including phenoxy) is 2. The second kappa shape index (κ2) is 5.46. The molecule has 2 atom stereocenters. The van der Waals surface area contributed by atoms with Crippen molar-refractivity contribution >= 4 is 26.7 Å². The van der Waals surface area contributed by atoms with E-state index in [0.717, 1.165) is 27.5 Å². The highest BCUT2D eigenvalue weighted by atomic mass is 32.1. The van der Waals surface area contributed by atoms with Gasteiger partial charge < -0.3 is 14.8 Å². The maximum atomic E-state index is 5.54. The van der Waals surface area contributed by atoms with Crippen LogP contribution in [-0.4, -0.2) is 30.8 Å². The monoisotopic (exact) mass is 306 g/mol. The molecule has 0 bridgehead atoms. The van der Waals surface area contributed by atoms with Gasteiger partial charge in [-0.2, -0.15) is 0 Å². The number of aromatic nitrogens is 1. The van der Waals surface area contributed by atoms with Gasteiger partial charge >= 0.3 is 0 Å². The van der Waals surface area contributed by atoms with Crippen LogP contribution in [0, 0.1) is 5.41 Å². The molecule has 1 N–H and O–H groups in total. The Kier molecular flexibility index (Phi) is 3.80. The summed E-state index contributed by atoms with van der Waals surface area (Å²) >= 11 is 1.68. The molecule has 5 heteroatoms. The van der Waals surface area contributed by atoms with Gasteiger partial charge in [0.15, 0.2) is 5.13 Å². The van der Waals surface area contributed by atoms with E-state index in [1.807, 2.05) is 19.1 Å². The third-order valence-corrected chi connectivity index (χ3v) is 5.38. The first-order chi connectivity index (χ1) is 10.0. The van der Waals surface area contributed by atoms with Crippen molar-refractivity contribution < 1.29 is 9.47 Å². The van der Waals surface area contributed by atoms with E-state index in [1.165, 1.54) is 0 Å². The molecule has 0 spiro atoms. The van der Waals surface area contributed by atoms with Crippen LogP contribution in [0.15, 0.2) is 18.2 Å². The summed E-state index contributed by atoms with van der Waals surface area (Å²) in [5, 5.41) is 4.54. The van der Waals surface area contributed by atoms with Crippen molar-refractivity contribution in [2.45, 2.75) is 39.3 Å². The van der Waals surface area contributed by atoms with Gasteiger partial charge in [0.2, 0.25) is 0 Å². The number of rotatable bonds is 5. The van der Waals surface area contributed by atoms with Crippen LogP contribution in [0.3, 0.4) is 0 Å². The number of anilines is 1. The van der Waals surface area contributed by atoms with Crippen molar-refractivity contribution in [1.29, 1.82) is 0 Å². The molecule has 0 aliphatic heterocycles. The summed E-state index contributed by atoms with van der Waals surface area (Å²) in [5.74, 6) is 0.906. The molecule has 0 saturated heterocycles. The number of benzene rings is 1. The number of hydrogen-bond donors (Lipinski definition) is 1. The Morgan fingerprint density at radius 1 is 1.43 bits per heavy atom. The fourth-order valence-electron chi connectivity index (χ4n) is 2.90. The lowest BCUT2D eigenvalue weighted by molar-refractivity contribution is -0.0794. The first-order valence-corrected chi connectivity index (χ1v) is 8.19. The van der Waals surface area contributed by atoms with Crippen molar-refractivity contribution in [3.8, 4) is 5.75 Å². The minimum absolute atomic E-state index is 0.142. The molecule has 3 rings (SSSR count). The number of fused-ring (bicyclic) bond motifs is 1. The fourth-order valence-corrected chi connectivity index (χ4v) is 3.85. The summed E-state index contributed by atoms with van der Waals surface area (Å²) in [5.41, 5.74) is 1.16. The van der Waals surface area contributed by atoms with Crippen LogP contribution < -0.4 is 10.1 Å². The minimum Gasteiger partial charge on any atom is -0.494 e. The molecule has 21 heavy (non-hydrogen) atoms. The van der Waals surface area contributed by atoms with E-state index in [-0.39, 0.29) is 5.41 Å². The fraction of sp³-hybridized carbons (Fsp3) is 0.562. The lowest BCUT2D eigenvalue weighted by Crippen LogP contribution is -2.57. The third kappa shape index (κ3) is 2.60. The van der Waals surface area contributed by atoms with E-state index in [1.54, 1.807) is 18.4 Å². The van der Waals surface area contributed by atoms with Crippen molar-refractivity contribution in [2.75, 3.05) is 19.0 Å². The highest BCUT2D eigenvalue weighted by molar-refractivity contribution is 7.22.